The van der Waals surface area contributed by atoms with Gasteiger partial charge >= 0.3 is 5.91 Å². The lowest BCUT2D eigenvalue weighted by atomic mass is 10.1. The third kappa shape index (κ3) is 2.74. The Morgan fingerprint density at radius 1 is 1.04 bits per heavy atom. The van der Waals surface area contributed by atoms with Crippen LogP contribution in [0.2, 0.25) is 5.02 Å². The fourth-order valence-corrected chi connectivity index (χ4v) is 2.61. The molecule has 0 radical (unpaired) electrons. The highest BCUT2D eigenvalue weighted by Gasteiger charge is 2.38. The predicted molar refractivity (Wildman–Crippen MR) is 89.8 cm³/mol. The third-order valence-electron chi connectivity index (χ3n) is 3.32. The molecule has 1 heterocycles. The van der Waals surface area contributed by atoms with Crippen molar-refractivity contribution in [3.8, 4) is 0 Å². The Labute approximate surface area is 141 Å². The van der Waals surface area contributed by atoms with Gasteiger partial charge in [0, 0.05) is 10.6 Å². The normalized spacial score (nSPS) is 13.0. The molecule has 1 aliphatic rings. The number of Topliss-reactive ketones (excluding diaryl/α,β-unsaturated/α-hetero) is 1. The number of anilines is 1. The van der Waals surface area contributed by atoms with Crippen LogP contribution in [0.25, 0.3) is 0 Å². The summed E-state index contributed by atoms with van der Waals surface area (Å²) in [5, 5.41) is 2.81. The molecule has 0 bridgehead atoms. The number of halogens is 1. The number of ketones is 1. The van der Waals surface area contributed by atoms with Gasteiger partial charge in [-0.1, -0.05) is 23.7 Å². The van der Waals surface area contributed by atoms with Crippen LogP contribution in [0.3, 0.4) is 0 Å². The molecule has 1 N–H and O–H groups in total. The second-order valence-corrected chi connectivity index (χ2v) is 5.58. The summed E-state index contributed by atoms with van der Waals surface area (Å²) < 4.78 is 0. The first-order chi connectivity index (χ1) is 11.0. The number of amides is 2. The van der Waals surface area contributed by atoms with Gasteiger partial charge in [0.1, 0.15) is 0 Å². The molecule has 0 aromatic heterocycles. The number of hydrogen-bond acceptors (Lipinski definition) is 4. The molecule has 114 valence electrons. The van der Waals surface area contributed by atoms with Gasteiger partial charge in [0.25, 0.3) is 11.7 Å². The number of benzene rings is 2. The highest BCUT2D eigenvalue weighted by molar-refractivity contribution is 7.80. The molecule has 23 heavy (non-hydrogen) atoms. The molecular weight excluding hydrogens is 336 g/mol. The first-order valence-corrected chi connectivity index (χ1v) is 7.36. The summed E-state index contributed by atoms with van der Waals surface area (Å²) in [5.74, 6) is -1.92. The molecule has 2 amide bonds. The summed E-state index contributed by atoms with van der Waals surface area (Å²) in [6, 6.07) is 12.7. The van der Waals surface area contributed by atoms with E-state index in [0.29, 0.717) is 16.3 Å². The van der Waals surface area contributed by atoms with Crippen molar-refractivity contribution in [2.24, 2.45) is 0 Å². The molecule has 0 spiro atoms. The van der Waals surface area contributed by atoms with Crippen molar-refractivity contribution in [3.63, 3.8) is 0 Å². The monoisotopic (exact) mass is 344 g/mol. The third-order valence-corrected chi connectivity index (χ3v) is 3.85. The molecule has 3 rings (SSSR count). The smallest absolute Gasteiger partial charge is 0.298 e. The summed E-state index contributed by atoms with van der Waals surface area (Å²) in [4.78, 5) is 37.2. The molecule has 0 atom stereocenters. The van der Waals surface area contributed by atoms with Crippen molar-refractivity contribution in [1.82, 2.24) is 5.32 Å². The maximum atomic E-state index is 12.2. The van der Waals surface area contributed by atoms with Crippen LogP contribution in [0.1, 0.15) is 20.7 Å². The first kappa shape index (κ1) is 15.3. The van der Waals surface area contributed by atoms with E-state index in [2.05, 4.69) is 5.32 Å². The number of carbonyl (C=O) groups excluding carboxylic acids is 3. The maximum absolute atomic E-state index is 12.2. The summed E-state index contributed by atoms with van der Waals surface area (Å²) in [5.41, 5.74) is 0.965. The molecule has 2 aromatic rings. The fourth-order valence-electron chi connectivity index (χ4n) is 2.21. The molecule has 1 aliphatic heterocycles. The Morgan fingerprint density at radius 2 is 1.70 bits per heavy atom. The van der Waals surface area contributed by atoms with E-state index in [-0.39, 0.29) is 10.7 Å². The van der Waals surface area contributed by atoms with Crippen LogP contribution in [0.15, 0.2) is 48.5 Å². The standard InChI is InChI=1S/C16H9ClN2O3S/c17-10-7-5-9(6-8-10)14(21)18-16(23)19-12-4-2-1-3-11(12)13(20)15(19)22/h1-8H,(H,18,21,23). The van der Waals surface area contributed by atoms with E-state index < -0.39 is 17.6 Å². The Bertz CT molecular complexity index is 849. The van der Waals surface area contributed by atoms with Gasteiger partial charge in [0.05, 0.1) is 11.3 Å². The van der Waals surface area contributed by atoms with Crippen LogP contribution in [-0.2, 0) is 4.79 Å². The van der Waals surface area contributed by atoms with Gasteiger partial charge in [-0.15, -0.1) is 0 Å². The van der Waals surface area contributed by atoms with E-state index in [4.69, 9.17) is 23.8 Å². The summed E-state index contributed by atoms with van der Waals surface area (Å²) >= 11 is 10.9. The van der Waals surface area contributed by atoms with Crippen LogP contribution >= 0.6 is 23.8 Å². The number of carbonyl (C=O) groups is 3. The van der Waals surface area contributed by atoms with E-state index in [0.717, 1.165) is 4.90 Å². The Morgan fingerprint density at radius 3 is 2.39 bits per heavy atom. The Kier molecular flexibility index (Phi) is 3.94. The molecule has 0 fully saturated rings. The lowest BCUT2D eigenvalue weighted by Gasteiger charge is -2.17. The SMILES string of the molecule is O=C(NC(=S)N1C(=O)C(=O)c2ccccc21)c1ccc(Cl)cc1. The predicted octanol–water partition coefficient (Wildman–Crippen LogP) is 2.58. The number of para-hydroxylation sites is 1. The van der Waals surface area contributed by atoms with Gasteiger partial charge in [-0.05, 0) is 48.6 Å². The van der Waals surface area contributed by atoms with Crippen molar-refractivity contribution in [3.05, 3.63) is 64.7 Å². The van der Waals surface area contributed by atoms with Crippen LogP contribution in [0, 0.1) is 0 Å². The van der Waals surface area contributed by atoms with Crippen molar-refractivity contribution in [2.75, 3.05) is 4.90 Å². The second kappa shape index (κ2) is 5.91. The van der Waals surface area contributed by atoms with E-state index in [9.17, 15) is 14.4 Å². The Balaban J connectivity index is 1.84. The first-order valence-electron chi connectivity index (χ1n) is 6.58. The van der Waals surface area contributed by atoms with Crippen molar-refractivity contribution >= 4 is 52.2 Å². The summed E-state index contributed by atoms with van der Waals surface area (Å²) in [7, 11) is 0. The van der Waals surface area contributed by atoms with Crippen LogP contribution in [0.5, 0.6) is 0 Å². The Hall–Kier alpha value is -2.57. The number of hydrogen-bond donors (Lipinski definition) is 1. The number of thiocarbonyl (C=S) groups is 1. The summed E-state index contributed by atoms with van der Waals surface area (Å²) in [6.45, 7) is 0. The molecule has 0 saturated heterocycles. The van der Waals surface area contributed by atoms with E-state index in [1.165, 1.54) is 12.1 Å². The van der Waals surface area contributed by atoms with Crippen molar-refractivity contribution < 1.29 is 14.4 Å². The molecule has 5 nitrogen and oxygen atoms in total. The average Bonchev–Trinajstić information content (AvgIpc) is 2.80. The molecule has 2 aromatic carbocycles. The largest absolute Gasteiger partial charge is 0.305 e. The van der Waals surface area contributed by atoms with E-state index in [1.54, 1.807) is 36.4 Å². The van der Waals surface area contributed by atoms with Crippen LogP contribution in [0.4, 0.5) is 5.69 Å². The van der Waals surface area contributed by atoms with Gasteiger partial charge < -0.3 is 0 Å². The molecule has 0 aliphatic carbocycles. The highest BCUT2D eigenvalue weighted by atomic mass is 35.5. The zero-order chi connectivity index (χ0) is 16.6. The highest BCUT2D eigenvalue weighted by Crippen LogP contribution is 2.28. The quantitative estimate of drug-likeness (QED) is 0.638. The van der Waals surface area contributed by atoms with Gasteiger partial charge in [0.2, 0.25) is 0 Å². The van der Waals surface area contributed by atoms with Crippen molar-refractivity contribution in [1.29, 1.82) is 0 Å². The second-order valence-electron chi connectivity index (χ2n) is 4.75. The lowest BCUT2D eigenvalue weighted by molar-refractivity contribution is -0.113. The van der Waals surface area contributed by atoms with Crippen LogP contribution in [-0.4, -0.2) is 22.7 Å². The minimum Gasteiger partial charge on any atom is -0.298 e. The number of rotatable bonds is 1. The lowest BCUT2D eigenvalue weighted by Crippen LogP contribution is -2.45. The van der Waals surface area contributed by atoms with Gasteiger partial charge in [-0.2, -0.15) is 0 Å². The fraction of sp³-hybridized carbons (Fsp3) is 0. The zero-order valence-electron chi connectivity index (χ0n) is 11.6. The minimum absolute atomic E-state index is 0.145. The number of nitrogens with one attached hydrogen (secondary N) is 1. The molecular formula is C16H9ClN2O3S. The van der Waals surface area contributed by atoms with E-state index >= 15 is 0 Å². The molecule has 0 unspecified atom stereocenters. The molecule has 0 saturated carbocycles. The van der Waals surface area contributed by atoms with Gasteiger partial charge in [-0.3, -0.25) is 19.7 Å². The molecule has 7 heteroatoms. The van der Waals surface area contributed by atoms with Crippen LogP contribution < -0.4 is 10.2 Å². The van der Waals surface area contributed by atoms with Gasteiger partial charge in [-0.25, -0.2) is 4.90 Å². The van der Waals surface area contributed by atoms with Crippen molar-refractivity contribution in [2.45, 2.75) is 0 Å². The minimum atomic E-state index is -0.785. The zero-order valence-corrected chi connectivity index (χ0v) is 13.1. The topological polar surface area (TPSA) is 66.5 Å². The maximum Gasteiger partial charge on any atom is 0.305 e. The number of nitrogens with zero attached hydrogens (tertiary/aromatic N) is 1. The summed E-state index contributed by atoms with van der Waals surface area (Å²) in [6.07, 6.45) is 0. The number of fused-ring (bicyclic) bond motifs is 1. The van der Waals surface area contributed by atoms with Gasteiger partial charge in [0.15, 0.2) is 5.11 Å². The van der Waals surface area contributed by atoms with E-state index in [1.807, 2.05) is 0 Å². The average molecular weight is 345 g/mol.